The summed E-state index contributed by atoms with van der Waals surface area (Å²) < 4.78 is 38.9. The molecule has 28 heavy (non-hydrogen) atoms. The molecular weight excluding hydrogens is 513 g/mol. The molecule has 3 atom stereocenters. The minimum atomic E-state index is -3.56. The molecule has 0 bridgehead atoms. The van der Waals surface area contributed by atoms with Gasteiger partial charge in [-0.1, -0.05) is 13.3 Å². The van der Waals surface area contributed by atoms with Crippen LogP contribution in [0.3, 0.4) is 0 Å². The van der Waals surface area contributed by atoms with Crippen LogP contribution in [-0.2, 0) is 20.8 Å². The summed E-state index contributed by atoms with van der Waals surface area (Å²) in [6.45, 7) is 2.58. The number of halogens is 1. The molecule has 1 saturated carbocycles. The number of guanidine groups is 1. The van der Waals surface area contributed by atoms with Gasteiger partial charge in [0.15, 0.2) is 5.96 Å². The van der Waals surface area contributed by atoms with Gasteiger partial charge in [-0.3, -0.25) is 14.2 Å². The summed E-state index contributed by atoms with van der Waals surface area (Å²) in [5, 5.41) is 6.72. The fourth-order valence-corrected chi connectivity index (χ4v) is 5.44. The van der Waals surface area contributed by atoms with Gasteiger partial charge in [-0.25, -0.2) is 13.1 Å². The highest BCUT2D eigenvalue weighted by Crippen LogP contribution is 2.22. The van der Waals surface area contributed by atoms with Gasteiger partial charge in [0, 0.05) is 60.4 Å². The lowest BCUT2D eigenvalue weighted by Crippen LogP contribution is -2.48. The van der Waals surface area contributed by atoms with E-state index in [1.807, 2.05) is 6.92 Å². The summed E-state index contributed by atoms with van der Waals surface area (Å²) in [5.74, 6) is 1.32. The average molecular weight is 543 g/mol. The summed E-state index contributed by atoms with van der Waals surface area (Å²) in [4.78, 5) is 8.16. The highest BCUT2D eigenvalue weighted by molar-refractivity contribution is 14.0. The Bertz CT molecular complexity index is 746. The first kappa shape index (κ1) is 25.2. The van der Waals surface area contributed by atoms with Crippen LogP contribution in [-0.4, -0.2) is 60.8 Å². The maximum absolute atomic E-state index is 12.1. The third kappa shape index (κ3) is 7.91. The van der Waals surface area contributed by atoms with Crippen molar-refractivity contribution in [1.29, 1.82) is 0 Å². The molecule has 3 N–H and O–H groups in total. The van der Waals surface area contributed by atoms with Crippen LogP contribution in [0.25, 0.3) is 0 Å². The zero-order chi connectivity index (χ0) is 19.7. The Kier molecular flexibility index (Phi) is 11.5. The van der Waals surface area contributed by atoms with Gasteiger partial charge in [0.1, 0.15) is 4.90 Å². The van der Waals surface area contributed by atoms with Gasteiger partial charge in [-0.2, -0.15) is 0 Å². The number of pyridine rings is 1. The Hall–Kier alpha value is -0.790. The number of rotatable bonds is 8. The lowest BCUT2D eigenvalue weighted by atomic mass is 9.95. The molecule has 1 aliphatic carbocycles. The molecule has 1 aromatic heterocycles. The van der Waals surface area contributed by atoms with E-state index in [-0.39, 0.29) is 46.7 Å². The van der Waals surface area contributed by atoms with E-state index < -0.39 is 20.8 Å². The SMILES string of the molecule is CCS(=O)C1CCCC(NC(=NC)NCCNS(=O)(=O)c2cccnc2)C1.I. The lowest BCUT2D eigenvalue weighted by Gasteiger charge is -2.30. The van der Waals surface area contributed by atoms with Gasteiger partial charge in [0.25, 0.3) is 0 Å². The normalized spacial score (nSPS) is 21.4. The average Bonchev–Trinajstić information content (AvgIpc) is 2.70. The van der Waals surface area contributed by atoms with E-state index in [0.717, 1.165) is 25.7 Å². The first-order valence-corrected chi connectivity index (χ1v) is 12.1. The number of hydrogen-bond acceptors (Lipinski definition) is 5. The summed E-state index contributed by atoms with van der Waals surface area (Å²) in [5.41, 5.74) is 0. The van der Waals surface area contributed by atoms with Gasteiger partial charge in [-0.15, -0.1) is 24.0 Å². The predicted molar refractivity (Wildman–Crippen MR) is 124 cm³/mol. The molecule has 3 unspecified atom stereocenters. The summed E-state index contributed by atoms with van der Waals surface area (Å²) in [6, 6.07) is 3.32. The van der Waals surface area contributed by atoms with Crippen LogP contribution in [0, 0.1) is 0 Å². The largest absolute Gasteiger partial charge is 0.355 e. The molecule has 0 aromatic carbocycles. The Balaban J connectivity index is 0.00000392. The number of nitrogens with one attached hydrogen (secondary N) is 3. The van der Waals surface area contributed by atoms with E-state index in [2.05, 4.69) is 25.3 Å². The number of nitrogens with zero attached hydrogens (tertiary/aromatic N) is 2. The number of hydrogen-bond donors (Lipinski definition) is 3. The number of sulfonamides is 1. The first-order valence-electron chi connectivity index (χ1n) is 9.20. The summed E-state index contributed by atoms with van der Waals surface area (Å²) >= 11 is 0. The van der Waals surface area contributed by atoms with Crippen LogP contribution in [0.2, 0.25) is 0 Å². The Labute approximate surface area is 187 Å². The molecule has 0 saturated heterocycles. The molecule has 0 radical (unpaired) electrons. The number of aliphatic imine (C=N–C) groups is 1. The van der Waals surface area contributed by atoms with Gasteiger partial charge in [-0.05, 0) is 31.4 Å². The predicted octanol–water partition coefficient (Wildman–Crippen LogP) is 1.22. The van der Waals surface area contributed by atoms with E-state index in [0.29, 0.717) is 18.3 Å². The summed E-state index contributed by atoms with van der Waals surface area (Å²) in [6.07, 6.45) is 6.80. The fraction of sp³-hybridized carbons (Fsp3) is 0.647. The van der Waals surface area contributed by atoms with Gasteiger partial charge in [0.2, 0.25) is 10.0 Å². The van der Waals surface area contributed by atoms with E-state index >= 15 is 0 Å². The molecule has 1 aromatic rings. The van der Waals surface area contributed by atoms with Gasteiger partial charge >= 0.3 is 0 Å². The number of aromatic nitrogens is 1. The van der Waals surface area contributed by atoms with Crippen molar-refractivity contribution < 1.29 is 12.6 Å². The third-order valence-electron chi connectivity index (χ3n) is 4.50. The maximum atomic E-state index is 12.1. The second kappa shape index (κ2) is 12.7. The summed E-state index contributed by atoms with van der Waals surface area (Å²) in [7, 11) is -2.65. The minimum Gasteiger partial charge on any atom is -0.355 e. The molecule has 2 rings (SSSR count). The van der Waals surface area contributed by atoms with Crippen LogP contribution in [0.15, 0.2) is 34.4 Å². The van der Waals surface area contributed by atoms with E-state index in [9.17, 15) is 12.6 Å². The van der Waals surface area contributed by atoms with Crippen LogP contribution in [0.1, 0.15) is 32.6 Å². The Morgan fingerprint density at radius 2 is 2.14 bits per heavy atom. The quantitative estimate of drug-likeness (QED) is 0.197. The zero-order valence-electron chi connectivity index (χ0n) is 16.3. The topological polar surface area (TPSA) is 113 Å². The standard InChI is InChI=1S/C17H29N5O3S2.HI/c1-3-26(23)15-7-4-6-14(12-15)22-17(18-2)20-10-11-21-27(24,25)16-8-5-9-19-13-16;/h5,8-9,13-15,21H,3-4,6-7,10-12H2,1-2H3,(H2,18,20,22);1H. The van der Waals surface area contributed by atoms with Crippen LogP contribution in [0.4, 0.5) is 0 Å². The smallest absolute Gasteiger partial charge is 0.242 e. The third-order valence-corrected chi connectivity index (χ3v) is 7.69. The van der Waals surface area contributed by atoms with E-state index in [1.165, 1.54) is 18.5 Å². The van der Waals surface area contributed by atoms with Crippen molar-refractivity contribution in [2.24, 2.45) is 4.99 Å². The maximum Gasteiger partial charge on any atom is 0.242 e. The second-order valence-electron chi connectivity index (χ2n) is 6.38. The van der Waals surface area contributed by atoms with Crippen molar-refractivity contribution in [3.8, 4) is 0 Å². The zero-order valence-corrected chi connectivity index (χ0v) is 20.2. The second-order valence-corrected chi connectivity index (χ2v) is 10.2. The Morgan fingerprint density at radius 3 is 2.79 bits per heavy atom. The lowest BCUT2D eigenvalue weighted by molar-refractivity contribution is 0.413. The van der Waals surface area contributed by atoms with Gasteiger partial charge < -0.3 is 10.6 Å². The van der Waals surface area contributed by atoms with Crippen molar-refractivity contribution in [3.05, 3.63) is 24.5 Å². The van der Waals surface area contributed by atoms with Crippen molar-refractivity contribution >= 4 is 50.8 Å². The molecule has 0 amide bonds. The monoisotopic (exact) mass is 543 g/mol. The molecule has 0 aliphatic heterocycles. The van der Waals surface area contributed by atoms with Crippen LogP contribution < -0.4 is 15.4 Å². The van der Waals surface area contributed by atoms with Crippen molar-refractivity contribution in [2.45, 2.75) is 48.8 Å². The molecular formula is C17H30IN5O3S2. The minimum absolute atomic E-state index is 0. The molecule has 8 nitrogen and oxygen atoms in total. The molecule has 1 aliphatic rings. The van der Waals surface area contributed by atoms with Crippen molar-refractivity contribution in [2.75, 3.05) is 25.9 Å². The fourth-order valence-electron chi connectivity index (χ4n) is 3.09. The van der Waals surface area contributed by atoms with Crippen molar-refractivity contribution in [3.63, 3.8) is 0 Å². The molecule has 1 heterocycles. The molecule has 160 valence electrons. The molecule has 11 heteroatoms. The molecule has 1 fully saturated rings. The van der Waals surface area contributed by atoms with E-state index in [4.69, 9.17) is 0 Å². The molecule has 0 spiro atoms. The van der Waals surface area contributed by atoms with Crippen molar-refractivity contribution in [1.82, 2.24) is 20.3 Å². The first-order chi connectivity index (χ1) is 13.0. The van der Waals surface area contributed by atoms with Crippen LogP contribution >= 0.6 is 24.0 Å². The van der Waals surface area contributed by atoms with Gasteiger partial charge in [0.05, 0.1) is 0 Å². The Morgan fingerprint density at radius 1 is 1.36 bits per heavy atom. The highest BCUT2D eigenvalue weighted by Gasteiger charge is 2.26. The van der Waals surface area contributed by atoms with E-state index in [1.54, 1.807) is 13.1 Å². The van der Waals surface area contributed by atoms with Crippen LogP contribution in [0.5, 0.6) is 0 Å². The highest BCUT2D eigenvalue weighted by atomic mass is 127.